The second-order valence-electron chi connectivity index (χ2n) is 7.23. The topological polar surface area (TPSA) is 43.4 Å². The van der Waals surface area contributed by atoms with Crippen molar-refractivity contribution in [2.45, 2.75) is 110 Å². The Hall–Kier alpha value is 0.203. The number of rotatable bonds is 16. The van der Waals surface area contributed by atoms with Crippen molar-refractivity contribution < 1.29 is 29.4 Å². The molecular weight excluding hydrogens is 428 g/mol. The third-order valence-corrected chi connectivity index (χ3v) is 5.08. The molecule has 0 spiro atoms. The molecule has 6 heteroatoms. The van der Waals surface area contributed by atoms with Gasteiger partial charge in [0.15, 0.2) is 0 Å². The zero-order valence-electron chi connectivity index (χ0n) is 18.1. The molecule has 0 N–H and O–H groups in total. The normalized spacial score (nSPS) is 9.74. The Bertz CT molecular complexity index is 329. The Morgan fingerprint density at radius 2 is 1.04 bits per heavy atom. The molecule has 0 fully saturated rings. The van der Waals surface area contributed by atoms with E-state index in [4.69, 9.17) is 0 Å². The summed E-state index contributed by atoms with van der Waals surface area (Å²) in [4.78, 5) is 11.9. The minimum atomic E-state index is -0.903. The van der Waals surface area contributed by atoms with Crippen molar-refractivity contribution >= 4 is 35.1 Å². The Morgan fingerprint density at radius 3 is 1.26 bits per heavy atom. The minimum absolute atomic E-state index is 0. The zero-order valence-corrected chi connectivity index (χ0v) is 22.7. The molecule has 0 aliphatic heterocycles. The van der Waals surface area contributed by atoms with E-state index in [2.05, 4.69) is 31.8 Å². The van der Waals surface area contributed by atoms with Gasteiger partial charge >= 0.3 is 19.5 Å². The van der Waals surface area contributed by atoms with Gasteiger partial charge in [-0.15, -0.1) is 0 Å². The van der Waals surface area contributed by atoms with Crippen LogP contribution in [0.2, 0.25) is 0 Å². The molecule has 0 aromatic carbocycles. The molecule has 0 rings (SSSR count). The fourth-order valence-electron chi connectivity index (χ4n) is 2.64. The summed E-state index contributed by atoms with van der Waals surface area (Å²) in [5.41, 5.74) is 0. The molecule has 0 aromatic rings. The van der Waals surface area contributed by atoms with E-state index in [1.54, 1.807) is 4.90 Å². The largest absolute Gasteiger partial charge is 2.00 e. The van der Waals surface area contributed by atoms with E-state index in [1.807, 2.05) is 14.1 Å². The van der Waals surface area contributed by atoms with Gasteiger partial charge in [0.1, 0.15) is 0 Å². The number of carboxylic acids is 1. The molecule has 0 saturated carbocycles. The smallest absolute Gasteiger partial charge is 0.550 e. The maximum Gasteiger partial charge on any atom is 2.00 e. The van der Waals surface area contributed by atoms with Crippen LogP contribution in [-0.2, 0) is 36.9 Å². The average Bonchev–Trinajstić information content (AvgIpc) is 2.58. The maximum absolute atomic E-state index is 10.2. The van der Waals surface area contributed by atoms with E-state index in [-0.39, 0.29) is 25.9 Å². The second kappa shape index (κ2) is 26.2. The molecule has 156 valence electrons. The van der Waals surface area contributed by atoms with Crippen LogP contribution in [0.4, 0.5) is 0 Å². The summed E-state index contributed by atoms with van der Waals surface area (Å²) in [7, 11) is 3.66. The molecule has 0 amide bonds. The number of hydrogen-bond donors (Lipinski definition) is 0. The van der Waals surface area contributed by atoms with Crippen molar-refractivity contribution in [3.05, 3.63) is 0 Å². The van der Waals surface area contributed by atoms with E-state index in [0.717, 1.165) is 12.8 Å². The third-order valence-electron chi connectivity index (χ3n) is 4.35. The van der Waals surface area contributed by atoms with Crippen LogP contribution in [0.15, 0.2) is 0 Å². The van der Waals surface area contributed by atoms with Gasteiger partial charge in [0, 0.05) is 20.1 Å². The van der Waals surface area contributed by atoms with Crippen molar-refractivity contribution in [1.29, 1.82) is 0 Å². The predicted octanol–water partition coefficient (Wildman–Crippen LogP) is 5.38. The Balaban J connectivity index is -0.000000709. The van der Waals surface area contributed by atoms with E-state index < -0.39 is 5.97 Å². The van der Waals surface area contributed by atoms with Crippen LogP contribution < -0.4 is 5.11 Å². The van der Waals surface area contributed by atoms with Crippen LogP contribution >= 0.6 is 12.2 Å². The number of carbonyl (C=O) groups is 1. The molecule has 27 heavy (non-hydrogen) atoms. The molecule has 0 aromatic heterocycles. The fourth-order valence-corrected chi connectivity index (χ4v) is 2.64. The zero-order chi connectivity index (χ0) is 20.0. The van der Waals surface area contributed by atoms with Crippen LogP contribution in [0.25, 0.3) is 0 Å². The van der Waals surface area contributed by atoms with Crippen molar-refractivity contribution in [3.63, 3.8) is 0 Å². The number of carbonyl (C=O) groups excluding carboxylic acids is 1. The SMILES string of the molecule is CCCCCCCCCCCCCCCCCC(=O)[O-].CN(C)C(=S)[S-].[Zn+2]. The van der Waals surface area contributed by atoms with Gasteiger partial charge in [-0.25, -0.2) is 0 Å². The van der Waals surface area contributed by atoms with Gasteiger partial charge in [-0.3, -0.25) is 0 Å². The number of unbranched alkanes of at least 4 members (excludes halogenated alkanes) is 14. The first-order valence-corrected chi connectivity index (χ1v) is 11.3. The standard InChI is InChI=1S/C18H36O2.C3H7NS2.Zn/c1-2-3-4-5-6-7-8-9-10-11-12-13-14-15-16-17-18(19)20;1-4(2)3(5)6;/h2-17H2,1H3,(H,19,20);1-2H3,(H,5,6);/q;;+2/p-2. The van der Waals surface area contributed by atoms with Crippen molar-refractivity contribution in [2.75, 3.05) is 14.1 Å². The Kier molecular flexibility index (Phi) is 30.9. The summed E-state index contributed by atoms with van der Waals surface area (Å²) < 4.78 is 0.509. The van der Waals surface area contributed by atoms with E-state index in [9.17, 15) is 9.90 Å². The molecule has 0 saturated heterocycles. The fraction of sp³-hybridized carbons (Fsp3) is 0.905. The maximum atomic E-state index is 10.2. The summed E-state index contributed by atoms with van der Waals surface area (Å²) in [5, 5.41) is 10.2. The van der Waals surface area contributed by atoms with Crippen molar-refractivity contribution in [2.24, 2.45) is 0 Å². The van der Waals surface area contributed by atoms with Gasteiger partial charge in [0.2, 0.25) is 0 Å². The molecule has 0 radical (unpaired) electrons. The quantitative estimate of drug-likeness (QED) is 0.132. The second-order valence-corrected chi connectivity index (χ2v) is 8.26. The number of carboxylic acid groups (broad SMARTS) is 1. The first kappa shape index (κ1) is 31.9. The third kappa shape index (κ3) is 34.1. The van der Waals surface area contributed by atoms with Gasteiger partial charge < -0.3 is 39.6 Å². The average molecular weight is 469 g/mol. The molecule has 3 nitrogen and oxygen atoms in total. The van der Waals surface area contributed by atoms with Gasteiger partial charge in [0.05, 0.1) is 0 Å². The molecule has 0 bridgehead atoms. The summed E-state index contributed by atoms with van der Waals surface area (Å²) in [6, 6.07) is 0. The van der Waals surface area contributed by atoms with E-state index in [1.165, 1.54) is 83.5 Å². The van der Waals surface area contributed by atoms with E-state index >= 15 is 0 Å². The summed E-state index contributed by atoms with van der Waals surface area (Å²) >= 11 is 9.12. The monoisotopic (exact) mass is 467 g/mol. The molecular formula is C21H41NO2S2Zn. The molecule has 0 atom stereocenters. The molecule has 0 aliphatic carbocycles. The summed E-state index contributed by atoms with van der Waals surface area (Å²) in [6.07, 6.45) is 19.9. The van der Waals surface area contributed by atoms with Crippen LogP contribution in [0.5, 0.6) is 0 Å². The number of nitrogens with zero attached hydrogens (tertiary/aromatic N) is 1. The first-order valence-electron chi connectivity index (χ1n) is 10.5. The first-order chi connectivity index (χ1) is 12.4. The van der Waals surface area contributed by atoms with Gasteiger partial charge in [-0.1, -0.05) is 101 Å². The number of aliphatic carboxylic acids is 1. The van der Waals surface area contributed by atoms with Gasteiger partial charge in [-0.2, -0.15) is 0 Å². The van der Waals surface area contributed by atoms with Crippen LogP contribution in [0.1, 0.15) is 110 Å². The van der Waals surface area contributed by atoms with Gasteiger partial charge in [-0.05, 0) is 12.8 Å². The minimum Gasteiger partial charge on any atom is -0.550 e. The Morgan fingerprint density at radius 1 is 0.778 bits per heavy atom. The van der Waals surface area contributed by atoms with Crippen LogP contribution in [0, 0.1) is 0 Å². The molecule has 0 aliphatic rings. The van der Waals surface area contributed by atoms with Crippen molar-refractivity contribution in [3.8, 4) is 0 Å². The summed E-state index contributed by atoms with van der Waals surface area (Å²) in [6.45, 7) is 2.27. The Labute approximate surface area is 192 Å². The van der Waals surface area contributed by atoms with Crippen LogP contribution in [-0.4, -0.2) is 29.3 Å². The van der Waals surface area contributed by atoms with Gasteiger partial charge in [0.25, 0.3) is 0 Å². The number of hydrogen-bond acceptors (Lipinski definition) is 4. The number of thiocarbonyl (C=S) groups is 1. The van der Waals surface area contributed by atoms with E-state index in [0.29, 0.717) is 4.32 Å². The molecule has 0 heterocycles. The van der Waals surface area contributed by atoms with Crippen molar-refractivity contribution in [1.82, 2.24) is 4.90 Å². The van der Waals surface area contributed by atoms with Crippen LogP contribution in [0.3, 0.4) is 0 Å². The predicted molar refractivity (Wildman–Crippen MR) is 118 cm³/mol. The summed E-state index contributed by atoms with van der Waals surface area (Å²) in [5.74, 6) is -0.903. The molecule has 0 unspecified atom stereocenters.